The molecule has 4 rings (SSSR count). The highest BCUT2D eigenvalue weighted by Crippen LogP contribution is 2.52. The maximum atomic E-state index is 12.6. The summed E-state index contributed by atoms with van der Waals surface area (Å²) in [5, 5.41) is 4.44. The fourth-order valence-corrected chi connectivity index (χ4v) is 3.65. The molecule has 2 aliphatic carbocycles. The molecular formula is C16H23N3O. The van der Waals surface area contributed by atoms with Gasteiger partial charge in [-0.15, -0.1) is 0 Å². The van der Waals surface area contributed by atoms with Crippen LogP contribution in [0, 0.1) is 17.8 Å². The van der Waals surface area contributed by atoms with E-state index in [1.807, 2.05) is 16.9 Å². The van der Waals surface area contributed by atoms with E-state index >= 15 is 0 Å². The second kappa shape index (κ2) is 4.34. The Morgan fingerprint density at radius 3 is 2.50 bits per heavy atom. The normalized spacial score (nSPS) is 29.6. The summed E-state index contributed by atoms with van der Waals surface area (Å²) in [6, 6.07) is 2.71. The number of amides is 1. The predicted molar refractivity (Wildman–Crippen MR) is 76.4 cm³/mol. The molecule has 1 saturated heterocycles. The Morgan fingerprint density at radius 2 is 1.95 bits per heavy atom. The van der Waals surface area contributed by atoms with Crippen LogP contribution in [0.3, 0.4) is 0 Å². The van der Waals surface area contributed by atoms with Gasteiger partial charge in [-0.05, 0) is 57.4 Å². The monoisotopic (exact) mass is 273 g/mol. The Balaban J connectivity index is 1.50. The van der Waals surface area contributed by atoms with E-state index in [1.54, 1.807) is 0 Å². The maximum absolute atomic E-state index is 12.6. The van der Waals surface area contributed by atoms with Crippen molar-refractivity contribution in [3.63, 3.8) is 0 Å². The summed E-state index contributed by atoms with van der Waals surface area (Å²) >= 11 is 0. The number of rotatable bonds is 4. The van der Waals surface area contributed by atoms with Gasteiger partial charge in [0.05, 0.1) is 0 Å². The molecule has 3 fully saturated rings. The molecule has 0 unspecified atom stereocenters. The lowest BCUT2D eigenvalue weighted by atomic mass is 9.81. The first-order valence-electron chi connectivity index (χ1n) is 8.01. The van der Waals surface area contributed by atoms with E-state index in [1.165, 1.54) is 25.7 Å². The molecule has 108 valence electrons. The molecular weight excluding hydrogens is 250 g/mol. The molecule has 1 amide bonds. The molecule has 4 heteroatoms. The Labute approximate surface area is 120 Å². The highest BCUT2D eigenvalue weighted by molar-refractivity contribution is 5.93. The van der Waals surface area contributed by atoms with E-state index < -0.39 is 0 Å². The van der Waals surface area contributed by atoms with Crippen molar-refractivity contribution in [2.24, 2.45) is 17.8 Å². The number of aromatic nitrogens is 2. The summed E-state index contributed by atoms with van der Waals surface area (Å²) in [6.07, 6.45) is 7.33. The van der Waals surface area contributed by atoms with Crippen molar-refractivity contribution in [2.75, 3.05) is 6.54 Å². The van der Waals surface area contributed by atoms with E-state index in [0.29, 0.717) is 17.8 Å². The van der Waals surface area contributed by atoms with Gasteiger partial charge in [-0.1, -0.05) is 0 Å². The Bertz CT molecular complexity index is 528. The van der Waals surface area contributed by atoms with Crippen LogP contribution in [0.15, 0.2) is 12.3 Å². The first kappa shape index (κ1) is 12.4. The Kier molecular flexibility index (Phi) is 2.69. The molecule has 3 aliphatic rings. The zero-order valence-corrected chi connectivity index (χ0v) is 12.3. The van der Waals surface area contributed by atoms with Gasteiger partial charge in [0.1, 0.15) is 5.69 Å². The second-order valence-electron chi connectivity index (χ2n) is 7.06. The number of hydrogen-bond donors (Lipinski definition) is 0. The van der Waals surface area contributed by atoms with Crippen LogP contribution in [0.1, 0.15) is 56.1 Å². The molecule has 2 heterocycles. The molecule has 0 N–H and O–H groups in total. The van der Waals surface area contributed by atoms with E-state index in [9.17, 15) is 4.79 Å². The van der Waals surface area contributed by atoms with Crippen molar-refractivity contribution >= 4 is 5.91 Å². The third-order valence-corrected chi connectivity index (χ3v) is 5.16. The van der Waals surface area contributed by atoms with Crippen molar-refractivity contribution < 1.29 is 4.79 Å². The van der Waals surface area contributed by atoms with Gasteiger partial charge in [-0.3, -0.25) is 9.48 Å². The smallest absolute Gasteiger partial charge is 0.274 e. The second-order valence-corrected chi connectivity index (χ2v) is 7.06. The lowest BCUT2D eigenvalue weighted by Crippen LogP contribution is -2.60. The van der Waals surface area contributed by atoms with Gasteiger partial charge in [-0.25, -0.2) is 0 Å². The van der Waals surface area contributed by atoms with Gasteiger partial charge < -0.3 is 4.90 Å². The fraction of sp³-hybridized carbons (Fsp3) is 0.750. The van der Waals surface area contributed by atoms with Crippen LogP contribution in [-0.4, -0.2) is 33.2 Å². The van der Waals surface area contributed by atoms with Gasteiger partial charge in [0.15, 0.2) is 0 Å². The van der Waals surface area contributed by atoms with Crippen molar-refractivity contribution in [3.8, 4) is 0 Å². The lowest BCUT2D eigenvalue weighted by Gasteiger charge is -2.49. The number of carbonyl (C=O) groups is 1. The minimum absolute atomic E-state index is 0.151. The topological polar surface area (TPSA) is 38.1 Å². The zero-order chi connectivity index (χ0) is 13.9. The largest absolute Gasteiger partial charge is 0.333 e. The third-order valence-electron chi connectivity index (χ3n) is 5.16. The lowest BCUT2D eigenvalue weighted by molar-refractivity contribution is -0.00253. The fourth-order valence-electron chi connectivity index (χ4n) is 3.65. The van der Waals surface area contributed by atoms with Crippen LogP contribution < -0.4 is 0 Å². The van der Waals surface area contributed by atoms with Crippen molar-refractivity contribution in [2.45, 2.75) is 51.6 Å². The summed E-state index contributed by atoms with van der Waals surface area (Å²) in [5.41, 5.74) is 0.624. The summed E-state index contributed by atoms with van der Waals surface area (Å²) in [5.74, 6) is 2.64. The van der Waals surface area contributed by atoms with Gasteiger partial charge in [-0.2, -0.15) is 5.10 Å². The maximum Gasteiger partial charge on any atom is 0.274 e. The SMILES string of the molecule is CC(C)n1ccc(C(=O)N2C[C@@H](C3CC3)[C@H]2C2CC2)n1. The first-order chi connectivity index (χ1) is 9.65. The molecule has 0 bridgehead atoms. The van der Waals surface area contributed by atoms with Gasteiger partial charge in [0.2, 0.25) is 0 Å². The van der Waals surface area contributed by atoms with Gasteiger partial charge >= 0.3 is 0 Å². The standard InChI is InChI=1S/C16H23N3O/c1-10(2)19-8-7-14(17-19)16(20)18-9-13(11-3-4-11)15(18)12-5-6-12/h7-8,10-13,15H,3-6,9H2,1-2H3/t13-,15+/m0/s1. The van der Waals surface area contributed by atoms with Crippen LogP contribution >= 0.6 is 0 Å². The first-order valence-corrected chi connectivity index (χ1v) is 8.01. The number of nitrogens with zero attached hydrogens (tertiary/aromatic N) is 3. The Morgan fingerprint density at radius 1 is 1.25 bits per heavy atom. The van der Waals surface area contributed by atoms with Crippen LogP contribution in [0.4, 0.5) is 0 Å². The molecule has 0 aromatic carbocycles. The summed E-state index contributed by atoms with van der Waals surface area (Å²) in [7, 11) is 0. The number of likely N-dealkylation sites (tertiary alicyclic amines) is 1. The van der Waals surface area contributed by atoms with Crippen LogP contribution in [-0.2, 0) is 0 Å². The molecule has 2 atom stereocenters. The minimum Gasteiger partial charge on any atom is -0.333 e. The van der Waals surface area contributed by atoms with Crippen molar-refractivity contribution in [1.82, 2.24) is 14.7 Å². The average molecular weight is 273 g/mol. The molecule has 20 heavy (non-hydrogen) atoms. The number of carbonyl (C=O) groups excluding carboxylic acids is 1. The highest BCUT2D eigenvalue weighted by Gasteiger charge is 2.54. The summed E-state index contributed by atoms with van der Waals surface area (Å²) in [6.45, 7) is 5.14. The Hall–Kier alpha value is -1.32. The van der Waals surface area contributed by atoms with Gasteiger partial charge in [0, 0.05) is 30.7 Å². The average Bonchev–Trinajstić information content (AvgIpc) is 3.29. The van der Waals surface area contributed by atoms with Crippen molar-refractivity contribution in [3.05, 3.63) is 18.0 Å². The zero-order valence-electron chi connectivity index (χ0n) is 12.3. The van der Waals surface area contributed by atoms with E-state index in [0.717, 1.165) is 24.3 Å². The quantitative estimate of drug-likeness (QED) is 0.846. The highest BCUT2D eigenvalue weighted by atomic mass is 16.2. The molecule has 0 spiro atoms. The molecule has 1 aromatic heterocycles. The summed E-state index contributed by atoms with van der Waals surface area (Å²) in [4.78, 5) is 14.7. The minimum atomic E-state index is 0.151. The van der Waals surface area contributed by atoms with E-state index in [2.05, 4.69) is 23.8 Å². The summed E-state index contributed by atoms with van der Waals surface area (Å²) < 4.78 is 1.87. The molecule has 0 radical (unpaired) electrons. The van der Waals surface area contributed by atoms with E-state index in [4.69, 9.17) is 0 Å². The van der Waals surface area contributed by atoms with Crippen LogP contribution in [0.2, 0.25) is 0 Å². The third kappa shape index (κ3) is 1.97. The molecule has 4 nitrogen and oxygen atoms in total. The van der Waals surface area contributed by atoms with Gasteiger partial charge in [0.25, 0.3) is 5.91 Å². The predicted octanol–water partition coefficient (Wildman–Crippen LogP) is 2.72. The van der Waals surface area contributed by atoms with Crippen LogP contribution in [0.25, 0.3) is 0 Å². The molecule has 2 saturated carbocycles. The molecule has 1 aromatic rings. The van der Waals surface area contributed by atoms with E-state index in [-0.39, 0.29) is 5.91 Å². The number of hydrogen-bond acceptors (Lipinski definition) is 2. The molecule has 1 aliphatic heterocycles. The van der Waals surface area contributed by atoms with Crippen LogP contribution in [0.5, 0.6) is 0 Å². The van der Waals surface area contributed by atoms with Crippen molar-refractivity contribution in [1.29, 1.82) is 0 Å².